The minimum atomic E-state index is -0.103. The van der Waals surface area contributed by atoms with E-state index in [9.17, 15) is 0 Å². The summed E-state index contributed by atoms with van der Waals surface area (Å²) in [6.45, 7) is 14.4. The first-order chi connectivity index (χ1) is 6.58. The molecule has 0 N–H and O–H groups in total. The summed E-state index contributed by atoms with van der Waals surface area (Å²) in [6.07, 6.45) is 0.0883. The van der Waals surface area contributed by atoms with Crippen LogP contribution >= 0.6 is 0 Å². The summed E-state index contributed by atoms with van der Waals surface area (Å²) in [5.41, 5.74) is 0.831. The van der Waals surface area contributed by atoms with E-state index in [1.54, 1.807) is 0 Å². The summed E-state index contributed by atoms with van der Waals surface area (Å²) >= 11 is 0. The van der Waals surface area contributed by atoms with Crippen LogP contribution in [0.15, 0.2) is 9.98 Å². The maximum absolute atomic E-state index is 5.49. The first kappa shape index (κ1) is 12.2. The van der Waals surface area contributed by atoms with Crippen LogP contribution in [-0.2, 0) is 4.74 Å². The van der Waals surface area contributed by atoms with Gasteiger partial charge in [0.1, 0.15) is 11.8 Å². The molecule has 15 heavy (non-hydrogen) atoms. The van der Waals surface area contributed by atoms with Crippen LogP contribution in [0.3, 0.4) is 0 Å². The zero-order valence-electron chi connectivity index (χ0n) is 10.9. The van der Waals surface area contributed by atoms with Crippen LogP contribution in [0.5, 0.6) is 0 Å². The first-order valence-electron chi connectivity index (χ1n) is 5.45. The quantitative estimate of drug-likeness (QED) is 0.605. The van der Waals surface area contributed by atoms with Crippen LogP contribution < -0.4 is 0 Å². The predicted octanol–water partition coefficient (Wildman–Crippen LogP) is 2.84. The van der Waals surface area contributed by atoms with Crippen molar-refractivity contribution in [3.05, 3.63) is 0 Å². The van der Waals surface area contributed by atoms with Crippen molar-refractivity contribution in [3.8, 4) is 0 Å². The minimum absolute atomic E-state index is 0.0635. The molecule has 0 spiro atoms. The fourth-order valence-electron chi connectivity index (χ4n) is 1.29. The Hall–Kier alpha value is -0.860. The third-order valence-corrected chi connectivity index (χ3v) is 1.79. The van der Waals surface area contributed by atoms with Crippen LogP contribution in [0, 0.1) is 0 Å². The molecule has 1 rings (SSSR count). The molecule has 3 heteroatoms. The second-order valence-corrected chi connectivity index (χ2v) is 6.02. The van der Waals surface area contributed by atoms with Crippen LogP contribution in [0.1, 0.15) is 48.5 Å². The highest BCUT2D eigenvalue weighted by atomic mass is 16.5. The molecule has 0 amide bonds. The van der Waals surface area contributed by atoms with E-state index < -0.39 is 0 Å². The average Bonchev–Trinajstić information content (AvgIpc) is 1.96. The highest BCUT2D eigenvalue weighted by molar-refractivity contribution is 6.45. The molecule has 3 nitrogen and oxygen atoms in total. The van der Waals surface area contributed by atoms with Gasteiger partial charge in [-0.15, -0.1) is 0 Å². The van der Waals surface area contributed by atoms with E-state index in [0.717, 1.165) is 5.71 Å². The van der Waals surface area contributed by atoms with Gasteiger partial charge in [0.2, 0.25) is 5.90 Å². The predicted molar refractivity (Wildman–Crippen MR) is 64.9 cm³/mol. The van der Waals surface area contributed by atoms with Gasteiger partial charge in [-0.2, -0.15) is 0 Å². The number of rotatable bonds is 0. The molecule has 1 aliphatic rings. The van der Waals surface area contributed by atoms with Gasteiger partial charge >= 0.3 is 0 Å². The van der Waals surface area contributed by atoms with Gasteiger partial charge in [0.15, 0.2) is 0 Å². The number of aliphatic imine (C=N–C) groups is 2. The fourth-order valence-corrected chi connectivity index (χ4v) is 1.29. The maximum Gasteiger partial charge on any atom is 0.235 e. The van der Waals surface area contributed by atoms with E-state index in [0.29, 0.717) is 5.90 Å². The summed E-state index contributed by atoms with van der Waals surface area (Å²) in [7, 11) is 0. The lowest BCUT2D eigenvalue weighted by Crippen LogP contribution is -2.46. The first-order valence-corrected chi connectivity index (χ1v) is 5.45. The van der Waals surface area contributed by atoms with Crippen LogP contribution in [0.2, 0.25) is 0 Å². The molecule has 1 saturated heterocycles. The second-order valence-electron chi connectivity index (χ2n) is 6.02. The van der Waals surface area contributed by atoms with E-state index >= 15 is 0 Å². The number of hydrogen-bond acceptors (Lipinski definition) is 3. The van der Waals surface area contributed by atoms with E-state index in [1.165, 1.54) is 0 Å². The second kappa shape index (κ2) is 3.62. The Bertz CT molecular complexity index is 303. The Morgan fingerprint density at radius 3 is 1.73 bits per heavy atom. The molecular formula is C12H22N2O. The van der Waals surface area contributed by atoms with Crippen molar-refractivity contribution in [2.45, 2.75) is 65.6 Å². The molecule has 0 aromatic rings. The van der Waals surface area contributed by atoms with Gasteiger partial charge in [0.25, 0.3) is 0 Å². The van der Waals surface area contributed by atoms with Crippen molar-refractivity contribution in [1.82, 2.24) is 0 Å². The zero-order chi connectivity index (χ0) is 11.9. The molecule has 0 bridgehead atoms. The van der Waals surface area contributed by atoms with Crippen molar-refractivity contribution < 1.29 is 4.74 Å². The lowest BCUT2D eigenvalue weighted by atomic mass is 10.1. The standard InChI is InChI=1S/C12H22N2O/c1-8-9(13-11(2,3)4)10(15-8)14-12(5,6)7/h8H,1-7H3. The fraction of sp³-hybridized carbons (Fsp3) is 0.833. The minimum Gasteiger partial charge on any atom is -0.467 e. The summed E-state index contributed by atoms with van der Waals surface area (Å²) in [4.78, 5) is 9.12. The summed E-state index contributed by atoms with van der Waals surface area (Å²) in [6, 6.07) is 0. The lowest BCUT2D eigenvalue weighted by Gasteiger charge is -2.32. The zero-order valence-corrected chi connectivity index (χ0v) is 10.9. The van der Waals surface area contributed by atoms with E-state index in [-0.39, 0.29) is 17.2 Å². The van der Waals surface area contributed by atoms with Crippen molar-refractivity contribution in [3.63, 3.8) is 0 Å². The van der Waals surface area contributed by atoms with Crippen molar-refractivity contribution >= 4 is 11.6 Å². The van der Waals surface area contributed by atoms with Gasteiger partial charge in [-0.3, -0.25) is 4.99 Å². The molecule has 1 aliphatic heterocycles. The van der Waals surface area contributed by atoms with Crippen molar-refractivity contribution in [1.29, 1.82) is 0 Å². The molecular weight excluding hydrogens is 188 g/mol. The maximum atomic E-state index is 5.49. The molecule has 1 unspecified atom stereocenters. The van der Waals surface area contributed by atoms with Gasteiger partial charge in [0.05, 0.1) is 11.1 Å². The van der Waals surface area contributed by atoms with E-state index in [2.05, 4.69) is 51.5 Å². The van der Waals surface area contributed by atoms with E-state index in [4.69, 9.17) is 4.74 Å². The molecule has 0 radical (unpaired) electrons. The van der Waals surface area contributed by atoms with Gasteiger partial charge in [-0.1, -0.05) is 0 Å². The highest BCUT2D eigenvalue weighted by Crippen LogP contribution is 2.20. The molecule has 1 heterocycles. The molecule has 1 atom stereocenters. The average molecular weight is 210 g/mol. The van der Waals surface area contributed by atoms with Gasteiger partial charge in [-0.05, 0) is 48.5 Å². The SMILES string of the molecule is CC1OC(=NC(C)(C)C)C1=NC(C)(C)C. The largest absolute Gasteiger partial charge is 0.467 e. The normalized spacial score (nSPS) is 27.8. The van der Waals surface area contributed by atoms with E-state index in [1.807, 2.05) is 6.92 Å². The van der Waals surface area contributed by atoms with Crippen molar-refractivity contribution in [2.75, 3.05) is 0 Å². The Labute approximate surface area is 92.7 Å². The molecule has 1 fully saturated rings. The number of nitrogens with zero attached hydrogens (tertiary/aromatic N) is 2. The molecule has 0 saturated carbocycles. The summed E-state index contributed by atoms with van der Waals surface area (Å²) in [5, 5.41) is 0. The molecule has 86 valence electrons. The monoisotopic (exact) mass is 210 g/mol. The Morgan fingerprint density at radius 1 is 0.933 bits per heavy atom. The van der Waals surface area contributed by atoms with Crippen LogP contribution in [-0.4, -0.2) is 28.8 Å². The van der Waals surface area contributed by atoms with Gasteiger partial charge in [0, 0.05) is 0 Å². The Kier molecular flexibility index (Phi) is 2.94. The number of ether oxygens (including phenoxy) is 1. The molecule has 0 aliphatic carbocycles. The highest BCUT2D eigenvalue weighted by Gasteiger charge is 2.34. The van der Waals surface area contributed by atoms with Crippen LogP contribution in [0.4, 0.5) is 0 Å². The van der Waals surface area contributed by atoms with Crippen LogP contribution in [0.25, 0.3) is 0 Å². The number of hydrogen-bond donors (Lipinski definition) is 0. The summed E-state index contributed by atoms with van der Waals surface area (Å²) < 4.78 is 5.49. The lowest BCUT2D eigenvalue weighted by molar-refractivity contribution is 0.234. The van der Waals surface area contributed by atoms with Gasteiger partial charge in [-0.25, -0.2) is 4.99 Å². The summed E-state index contributed by atoms with van der Waals surface area (Å²) in [5.74, 6) is 0.713. The topological polar surface area (TPSA) is 34.0 Å². The molecule has 0 aromatic heterocycles. The Balaban J connectivity index is 2.90. The third kappa shape index (κ3) is 3.65. The molecule has 0 aromatic carbocycles. The Morgan fingerprint density at radius 2 is 1.40 bits per heavy atom. The van der Waals surface area contributed by atoms with Gasteiger partial charge < -0.3 is 4.74 Å². The third-order valence-electron chi connectivity index (χ3n) is 1.79. The smallest absolute Gasteiger partial charge is 0.235 e. The van der Waals surface area contributed by atoms with Crippen molar-refractivity contribution in [2.24, 2.45) is 9.98 Å².